The van der Waals surface area contributed by atoms with Crippen molar-refractivity contribution >= 4 is 56.2 Å². The van der Waals surface area contributed by atoms with Crippen LogP contribution >= 0.6 is 0 Å². The van der Waals surface area contributed by atoms with E-state index in [2.05, 4.69) is 0 Å². The molecule has 260 valence electrons. The average molecular weight is 709 g/mol. The summed E-state index contributed by atoms with van der Waals surface area (Å²) in [5.41, 5.74) is 0.699. The Balaban J connectivity index is 0.946. The highest BCUT2D eigenvalue weighted by Gasteiger charge is 2.18. The number of fused-ring (bicyclic) bond motifs is 3. The summed E-state index contributed by atoms with van der Waals surface area (Å²) in [4.78, 5) is 52.6. The number of hydrogen-bond acceptors (Lipinski definition) is 8. The van der Waals surface area contributed by atoms with E-state index in [0.29, 0.717) is 22.3 Å². The van der Waals surface area contributed by atoms with Crippen LogP contribution in [0.15, 0.2) is 170 Å². The van der Waals surface area contributed by atoms with Crippen LogP contribution in [0, 0.1) is 0 Å². The molecule has 0 bridgehead atoms. The third-order valence-electron chi connectivity index (χ3n) is 8.80. The zero-order valence-corrected chi connectivity index (χ0v) is 28.4. The zero-order chi connectivity index (χ0) is 37.0. The minimum absolute atomic E-state index is 0.160. The third-order valence-corrected chi connectivity index (χ3v) is 8.80. The first-order valence-electron chi connectivity index (χ1n) is 17.0. The van der Waals surface area contributed by atoms with Crippen molar-refractivity contribution in [2.45, 2.75) is 0 Å². The van der Waals surface area contributed by atoms with E-state index in [4.69, 9.17) is 18.9 Å². The van der Waals surface area contributed by atoms with Crippen LogP contribution in [0.2, 0.25) is 0 Å². The van der Waals surface area contributed by atoms with Crippen LogP contribution in [0.5, 0.6) is 23.0 Å². The lowest BCUT2D eigenvalue weighted by Crippen LogP contribution is -2.13. The van der Waals surface area contributed by atoms with Crippen LogP contribution < -0.4 is 18.9 Å². The van der Waals surface area contributed by atoms with Gasteiger partial charge in [0, 0.05) is 16.2 Å². The highest BCUT2D eigenvalue weighted by Crippen LogP contribution is 2.31. The van der Waals surface area contributed by atoms with Crippen LogP contribution in [0.1, 0.15) is 41.4 Å². The van der Waals surface area contributed by atoms with Gasteiger partial charge in [0.2, 0.25) is 0 Å². The predicted molar refractivity (Wildman–Crippen MR) is 205 cm³/mol. The summed E-state index contributed by atoms with van der Waals surface area (Å²) in [5, 5.41) is 4.69. The van der Waals surface area contributed by atoms with Crippen molar-refractivity contribution in [3.05, 3.63) is 192 Å². The van der Waals surface area contributed by atoms with Crippen LogP contribution in [-0.4, -0.2) is 23.9 Å². The van der Waals surface area contributed by atoms with E-state index in [9.17, 15) is 19.2 Å². The lowest BCUT2D eigenvalue weighted by atomic mass is 10.1. The Kier molecular flexibility index (Phi) is 9.06. The van der Waals surface area contributed by atoms with Gasteiger partial charge in [-0.1, -0.05) is 97.1 Å². The highest BCUT2D eigenvalue weighted by molar-refractivity contribution is 6.01. The lowest BCUT2D eigenvalue weighted by Gasteiger charge is -2.11. The first-order valence-corrected chi connectivity index (χ1v) is 17.0. The van der Waals surface area contributed by atoms with E-state index in [0.717, 1.165) is 21.5 Å². The van der Waals surface area contributed by atoms with Gasteiger partial charge in [-0.05, 0) is 89.0 Å². The van der Waals surface area contributed by atoms with Crippen molar-refractivity contribution in [2.24, 2.45) is 0 Å². The minimum atomic E-state index is -0.671. The molecular weight excluding hydrogens is 680 g/mol. The van der Waals surface area contributed by atoms with Crippen molar-refractivity contribution in [3.63, 3.8) is 0 Å². The van der Waals surface area contributed by atoms with E-state index in [-0.39, 0.29) is 33.8 Å². The topological polar surface area (TPSA) is 105 Å². The molecule has 8 heteroatoms. The number of esters is 4. The Morgan fingerprint density at radius 2 is 0.648 bits per heavy atom. The summed E-state index contributed by atoms with van der Waals surface area (Å²) in [6.07, 6.45) is 0. The number of rotatable bonds is 8. The maximum Gasteiger partial charge on any atom is 0.343 e. The van der Waals surface area contributed by atoms with Crippen molar-refractivity contribution in [3.8, 4) is 23.0 Å². The molecule has 0 aliphatic carbocycles. The Labute approximate surface area is 308 Å². The van der Waals surface area contributed by atoms with Gasteiger partial charge in [-0.3, -0.25) is 0 Å². The molecule has 8 aromatic rings. The van der Waals surface area contributed by atoms with Crippen LogP contribution in [0.25, 0.3) is 32.3 Å². The second kappa shape index (κ2) is 14.6. The number of carbonyl (C=O) groups is 4. The molecular formula is C46H28O8. The molecule has 0 aliphatic heterocycles. The van der Waals surface area contributed by atoms with Gasteiger partial charge >= 0.3 is 23.9 Å². The van der Waals surface area contributed by atoms with Gasteiger partial charge in [-0.2, -0.15) is 0 Å². The zero-order valence-electron chi connectivity index (χ0n) is 28.4. The average Bonchev–Trinajstić information content (AvgIpc) is 3.21. The molecule has 0 amide bonds. The van der Waals surface area contributed by atoms with Gasteiger partial charge in [0.05, 0.1) is 22.3 Å². The van der Waals surface area contributed by atoms with Gasteiger partial charge in [-0.15, -0.1) is 0 Å². The molecule has 0 fully saturated rings. The summed E-state index contributed by atoms with van der Waals surface area (Å²) in [7, 11) is 0. The van der Waals surface area contributed by atoms with E-state index in [1.165, 1.54) is 12.1 Å². The van der Waals surface area contributed by atoms with Crippen molar-refractivity contribution in [1.29, 1.82) is 0 Å². The number of carbonyl (C=O) groups excluding carboxylic acids is 4. The third kappa shape index (κ3) is 6.99. The Bertz CT molecular complexity index is 2760. The molecule has 0 unspecified atom stereocenters. The smallest absolute Gasteiger partial charge is 0.343 e. The summed E-state index contributed by atoms with van der Waals surface area (Å²) in [5.74, 6) is -1.21. The van der Waals surface area contributed by atoms with Gasteiger partial charge in [0.25, 0.3) is 0 Å². The molecule has 0 saturated heterocycles. The molecule has 8 nitrogen and oxygen atoms in total. The number of benzene rings is 8. The van der Waals surface area contributed by atoms with E-state index in [1.54, 1.807) is 84.9 Å². The standard InChI is InChI=1S/C46H28O8/c47-43(32-15-5-16-33(26-32)44(48)52-40-21-7-12-29-10-1-3-19-37(29)40)51-36-24-25-39-31(28-36)14-9-23-42(39)54-46(50)35-18-6-17-34(27-35)45(49)53-41-22-8-13-30-11-2-4-20-38(30)41/h1-28H. The van der Waals surface area contributed by atoms with E-state index >= 15 is 0 Å². The normalized spacial score (nSPS) is 10.9. The highest BCUT2D eigenvalue weighted by atomic mass is 16.5. The van der Waals surface area contributed by atoms with E-state index in [1.807, 2.05) is 72.8 Å². The summed E-state index contributed by atoms with van der Waals surface area (Å²) in [6, 6.07) is 48.4. The van der Waals surface area contributed by atoms with Gasteiger partial charge in [0.1, 0.15) is 23.0 Å². The quantitative estimate of drug-likeness (QED) is 0.113. The minimum Gasteiger partial charge on any atom is -0.423 e. The fourth-order valence-corrected chi connectivity index (χ4v) is 6.14. The first kappa shape index (κ1) is 33.6. The molecule has 54 heavy (non-hydrogen) atoms. The fraction of sp³-hybridized carbons (Fsp3) is 0. The van der Waals surface area contributed by atoms with E-state index < -0.39 is 23.9 Å². The molecule has 0 aromatic heterocycles. The molecule has 8 rings (SSSR count). The molecule has 0 heterocycles. The second-order valence-corrected chi connectivity index (χ2v) is 12.3. The molecule has 8 aromatic carbocycles. The largest absolute Gasteiger partial charge is 0.423 e. The summed E-state index contributed by atoms with van der Waals surface area (Å²) in [6.45, 7) is 0. The molecule has 0 spiro atoms. The van der Waals surface area contributed by atoms with Gasteiger partial charge < -0.3 is 18.9 Å². The van der Waals surface area contributed by atoms with Crippen LogP contribution in [0.4, 0.5) is 0 Å². The summed E-state index contributed by atoms with van der Waals surface area (Å²) >= 11 is 0. The maximum absolute atomic E-state index is 13.3. The summed E-state index contributed by atoms with van der Waals surface area (Å²) < 4.78 is 22.8. The number of ether oxygens (including phenoxy) is 4. The lowest BCUT2D eigenvalue weighted by molar-refractivity contribution is 0.0718. The van der Waals surface area contributed by atoms with Crippen LogP contribution in [0.3, 0.4) is 0 Å². The fourth-order valence-electron chi connectivity index (χ4n) is 6.14. The molecule has 0 atom stereocenters. The Morgan fingerprint density at radius 1 is 0.296 bits per heavy atom. The maximum atomic E-state index is 13.3. The molecule has 0 N–H and O–H groups in total. The Morgan fingerprint density at radius 3 is 1.11 bits per heavy atom. The predicted octanol–water partition coefficient (Wildman–Crippen LogP) is 10.0. The molecule has 0 aliphatic rings. The molecule has 0 radical (unpaired) electrons. The van der Waals surface area contributed by atoms with Gasteiger partial charge in [-0.25, -0.2) is 19.2 Å². The van der Waals surface area contributed by atoms with Crippen molar-refractivity contribution in [1.82, 2.24) is 0 Å². The van der Waals surface area contributed by atoms with Crippen LogP contribution in [-0.2, 0) is 0 Å². The van der Waals surface area contributed by atoms with Crippen molar-refractivity contribution in [2.75, 3.05) is 0 Å². The SMILES string of the molecule is O=C(Oc1ccc2c(OC(=O)c3cccc(C(=O)Oc4cccc5ccccc45)c3)cccc2c1)c1cccc(C(=O)Oc2cccc3ccccc23)c1. The van der Waals surface area contributed by atoms with Crippen molar-refractivity contribution < 1.29 is 38.1 Å². The molecule has 0 saturated carbocycles. The monoisotopic (exact) mass is 708 g/mol. The Hall–Kier alpha value is -7.58. The second-order valence-electron chi connectivity index (χ2n) is 12.3. The van der Waals surface area contributed by atoms with Gasteiger partial charge in [0.15, 0.2) is 0 Å². The number of hydrogen-bond donors (Lipinski definition) is 0. The first-order chi connectivity index (χ1) is 26.4.